The summed E-state index contributed by atoms with van der Waals surface area (Å²) >= 11 is 0. The van der Waals surface area contributed by atoms with Crippen molar-refractivity contribution in [1.29, 1.82) is 0 Å². The summed E-state index contributed by atoms with van der Waals surface area (Å²) in [6.07, 6.45) is 5.15. The van der Waals surface area contributed by atoms with Gasteiger partial charge in [0, 0.05) is 72.7 Å². The van der Waals surface area contributed by atoms with Crippen molar-refractivity contribution in [3.05, 3.63) is 46.9 Å². The molecule has 0 N–H and O–H groups in total. The summed E-state index contributed by atoms with van der Waals surface area (Å²) in [5, 5.41) is 0. The summed E-state index contributed by atoms with van der Waals surface area (Å²) in [5.74, 6) is 0.823. The lowest BCUT2D eigenvalue weighted by molar-refractivity contribution is 0.277. The van der Waals surface area contributed by atoms with Crippen LogP contribution in [0.4, 0.5) is 0 Å². The molecule has 0 unspecified atom stereocenters. The Kier molecular flexibility index (Phi) is 4.77. The molecule has 0 radical (unpaired) electrons. The molecule has 9 nitrogen and oxygen atoms in total. The highest BCUT2D eigenvalue weighted by Crippen LogP contribution is 2.24. The molecule has 0 amide bonds. The van der Waals surface area contributed by atoms with Crippen LogP contribution in [0.15, 0.2) is 35.5 Å². The van der Waals surface area contributed by atoms with E-state index in [-0.39, 0.29) is 17.2 Å². The van der Waals surface area contributed by atoms with Crippen molar-refractivity contribution >= 4 is 15.9 Å². The van der Waals surface area contributed by atoms with E-state index in [4.69, 9.17) is 4.74 Å². The third-order valence-electron chi connectivity index (χ3n) is 4.91. The van der Waals surface area contributed by atoms with Crippen LogP contribution < -0.4 is 10.4 Å². The second kappa shape index (κ2) is 7.12. The van der Waals surface area contributed by atoms with Crippen LogP contribution in [-0.4, -0.2) is 60.1 Å². The Balaban J connectivity index is 1.70. The monoisotopic (exact) mass is 403 g/mol. The molecule has 28 heavy (non-hydrogen) atoms. The molecule has 10 heteroatoms. The quantitative estimate of drug-likeness (QED) is 0.586. The van der Waals surface area contributed by atoms with E-state index in [2.05, 4.69) is 9.97 Å². The lowest BCUT2D eigenvalue weighted by atomic mass is 10.1. The summed E-state index contributed by atoms with van der Waals surface area (Å²) in [7, 11) is 0.315. The van der Waals surface area contributed by atoms with Crippen molar-refractivity contribution in [2.45, 2.75) is 6.54 Å². The van der Waals surface area contributed by atoms with Gasteiger partial charge in [0.05, 0.1) is 12.8 Å². The lowest BCUT2D eigenvalue weighted by Gasteiger charge is -2.29. The smallest absolute Gasteiger partial charge is 0.333 e. The summed E-state index contributed by atoms with van der Waals surface area (Å²) in [6.45, 7) is 1.45. The fourth-order valence-corrected chi connectivity index (χ4v) is 4.60. The molecular weight excluding hydrogens is 382 g/mol. The molecule has 0 atom stereocenters. The number of fused-ring (bicyclic) bond motifs is 1. The number of sulfone groups is 1. The third kappa shape index (κ3) is 3.58. The Hall–Kier alpha value is -2.56. The van der Waals surface area contributed by atoms with Gasteiger partial charge in [-0.1, -0.05) is 0 Å². The van der Waals surface area contributed by atoms with Crippen molar-refractivity contribution in [3.63, 3.8) is 0 Å². The molecule has 1 fully saturated rings. The van der Waals surface area contributed by atoms with Crippen LogP contribution in [0.2, 0.25) is 0 Å². The largest absolute Gasteiger partial charge is 0.615 e. The van der Waals surface area contributed by atoms with E-state index in [1.54, 1.807) is 38.8 Å². The average molecular weight is 403 g/mol. The number of nitrogens with zero attached hydrogens (tertiary/aromatic N) is 5. The molecule has 4 rings (SSSR count). The van der Waals surface area contributed by atoms with Gasteiger partial charge in [0.2, 0.25) is 5.88 Å². The first-order valence-electron chi connectivity index (χ1n) is 8.87. The third-order valence-corrected chi connectivity index (χ3v) is 6.52. The maximum absolute atomic E-state index is 12.6. The Bertz CT molecular complexity index is 1110. The van der Waals surface area contributed by atoms with Crippen LogP contribution >= 0.6 is 0 Å². The number of hydrogen-bond donors (Lipinski definition) is 0. The van der Waals surface area contributed by atoms with Gasteiger partial charge < -0.3 is 13.9 Å². The van der Waals surface area contributed by atoms with Crippen LogP contribution in [0.5, 0.6) is 5.88 Å². The number of pyridine rings is 1. The summed E-state index contributed by atoms with van der Waals surface area (Å²) in [5.41, 5.74) is 2.69. The molecule has 148 valence electrons. The first-order chi connectivity index (χ1) is 13.4. The van der Waals surface area contributed by atoms with Crippen molar-refractivity contribution in [2.24, 2.45) is 7.05 Å². The summed E-state index contributed by atoms with van der Waals surface area (Å²) in [6, 6.07) is 3.63. The molecule has 3 aromatic heterocycles. The molecule has 0 aromatic carbocycles. The van der Waals surface area contributed by atoms with Crippen LogP contribution in [0.25, 0.3) is 16.8 Å². The van der Waals surface area contributed by atoms with Crippen LogP contribution in [0.3, 0.4) is 0 Å². The zero-order chi connectivity index (χ0) is 19.9. The second-order valence-electron chi connectivity index (χ2n) is 6.88. The Labute approximate surface area is 162 Å². The van der Waals surface area contributed by atoms with Gasteiger partial charge in [0.1, 0.15) is 11.5 Å². The van der Waals surface area contributed by atoms with Crippen molar-refractivity contribution < 1.29 is 13.5 Å². The standard InChI is InChI=1S/C18H21N5O4S/c1-21-12-15(13-3-4-16(27-2)19-9-13)17-20-14(11-23(17)18(21)24)10-22-5-7-28(25,26)8-6-22/h3-4,9,11-12H,5-8,10H2,1-2H3. The van der Waals surface area contributed by atoms with Crippen molar-refractivity contribution in [2.75, 3.05) is 31.7 Å². The highest BCUT2D eigenvalue weighted by atomic mass is 32.3. The first-order valence-corrected chi connectivity index (χ1v) is 10.7. The minimum atomic E-state index is -2.93. The molecule has 0 saturated carbocycles. The van der Waals surface area contributed by atoms with E-state index >= 15 is 0 Å². The van der Waals surface area contributed by atoms with E-state index in [1.165, 1.54) is 8.97 Å². The number of methoxy groups -OCH3 is 1. The predicted molar refractivity (Wildman–Crippen MR) is 104 cm³/mol. The number of rotatable bonds is 4. The number of aromatic nitrogens is 4. The molecule has 0 aliphatic carbocycles. The van der Waals surface area contributed by atoms with E-state index in [9.17, 15) is 13.6 Å². The zero-order valence-corrected chi connectivity index (χ0v) is 16.5. The highest BCUT2D eigenvalue weighted by Gasteiger charge is 2.26. The maximum atomic E-state index is 12.6. The normalized spacial score (nSPS) is 17.1. The minimum absolute atomic E-state index is 0.158. The summed E-state index contributed by atoms with van der Waals surface area (Å²) in [4.78, 5) is 23.5. The van der Waals surface area contributed by atoms with Gasteiger partial charge in [-0.3, -0.25) is 9.30 Å². The average Bonchev–Trinajstić information content (AvgIpc) is 3.10. The van der Waals surface area contributed by atoms with E-state index in [0.29, 0.717) is 31.2 Å². The SMILES string of the molecule is COc1ccc(-c2cn(C)c(=O)n3cc(CN4CC[S+](=O)([O-])CC4)nc23)cn1. The van der Waals surface area contributed by atoms with Gasteiger partial charge in [0.25, 0.3) is 0 Å². The first kappa shape index (κ1) is 18.8. The van der Waals surface area contributed by atoms with Gasteiger partial charge in [-0.15, -0.1) is 4.21 Å². The Morgan fingerprint density at radius 2 is 2.00 bits per heavy atom. The predicted octanol–water partition coefficient (Wildman–Crippen LogP) is 0.549. The number of aryl methyl sites for hydroxylation is 1. The molecular formula is C18H21N5O4S. The van der Waals surface area contributed by atoms with Crippen molar-refractivity contribution in [3.8, 4) is 17.0 Å². The molecule has 4 heterocycles. The van der Waals surface area contributed by atoms with Crippen LogP contribution in [0, 0.1) is 0 Å². The molecule has 0 bridgehead atoms. The lowest BCUT2D eigenvalue weighted by Crippen LogP contribution is -2.42. The fraction of sp³-hybridized carbons (Fsp3) is 0.389. The van der Waals surface area contributed by atoms with Crippen LogP contribution in [0.1, 0.15) is 5.69 Å². The van der Waals surface area contributed by atoms with E-state index < -0.39 is 10.2 Å². The molecule has 0 spiro atoms. The van der Waals surface area contributed by atoms with Gasteiger partial charge in [-0.25, -0.2) is 14.8 Å². The zero-order valence-electron chi connectivity index (χ0n) is 15.7. The minimum Gasteiger partial charge on any atom is -0.615 e. The molecule has 3 aromatic rings. The Morgan fingerprint density at radius 1 is 1.25 bits per heavy atom. The Morgan fingerprint density at radius 3 is 2.64 bits per heavy atom. The topological polar surface area (TPSA) is 105 Å². The van der Waals surface area contributed by atoms with E-state index in [0.717, 1.165) is 16.8 Å². The van der Waals surface area contributed by atoms with Gasteiger partial charge in [0.15, 0.2) is 5.65 Å². The number of imidazole rings is 1. The number of ether oxygens (including phenoxy) is 1. The second-order valence-corrected chi connectivity index (χ2v) is 9.18. The van der Waals surface area contributed by atoms with Gasteiger partial charge in [-0.2, -0.15) is 0 Å². The molecule has 1 aliphatic heterocycles. The maximum Gasteiger partial charge on any atom is 0.333 e. The summed E-state index contributed by atoms with van der Waals surface area (Å²) < 4.78 is 31.4. The van der Waals surface area contributed by atoms with Gasteiger partial charge in [-0.05, 0) is 6.07 Å². The van der Waals surface area contributed by atoms with E-state index in [1.807, 2.05) is 11.0 Å². The molecule has 1 saturated heterocycles. The van der Waals surface area contributed by atoms with Gasteiger partial charge >= 0.3 is 5.69 Å². The highest BCUT2D eigenvalue weighted by molar-refractivity contribution is 7.97. The van der Waals surface area contributed by atoms with Crippen LogP contribution in [-0.2, 0) is 28.0 Å². The molecule has 1 aliphatic rings. The van der Waals surface area contributed by atoms with Crippen molar-refractivity contribution in [1.82, 2.24) is 23.8 Å². The fourth-order valence-electron chi connectivity index (χ4n) is 3.32. The number of hydrogen-bond acceptors (Lipinski definition) is 7.